The van der Waals surface area contributed by atoms with E-state index in [1.807, 2.05) is 0 Å². The Morgan fingerprint density at radius 2 is 1.79 bits per heavy atom. The summed E-state index contributed by atoms with van der Waals surface area (Å²) in [6.45, 7) is 4.16. The van der Waals surface area contributed by atoms with Gasteiger partial charge >= 0.3 is 0 Å². The molecule has 0 aromatic carbocycles. The Morgan fingerprint density at radius 1 is 1.17 bits per heavy atom. The topological polar surface area (TPSA) is 132 Å². The molecule has 8 heteroatoms. The highest BCUT2D eigenvalue weighted by molar-refractivity contribution is 6.44. The highest BCUT2D eigenvalue weighted by Crippen LogP contribution is 2.64. The monoisotopic (exact) mass is 422 g/mol. The van der Waals surface area contributed by atoms with Crippen LogP contribution in [0, 0.1) is 16.7 Å². The number of Topliss-reactive ketones (excluding diaryl/α,β-unsaturated/α-hetero) is 3. The molecule has 0 aromatic heterocycles. The standard InChI is InChI=1S/C21H23ClO7/c1-4-5-6-7-11(23)13-14-20(3,29)18(28)19(2,17(13)27)9-21(14)15(25)10(22)8-12(24)16(21)26/h4-8,12,14,16,23-24,26,29H,9H2,1-3H3/b5-4+,7-6+,13-11-/t12-,14+,16-,19+,20?,21-/m0/s1. The van der Waals surface area contributed by atoms with Crippen LogP contribution in [0.4, 0.5) is 0 Å². The van der Waals surface area contributed by atoms with Crippen LogP contribution in [0.1, 0.15) is 27.2 Å². The second kappa shape index (κ2) is 6.74. The van der Waals surface area contributed by atoms with Crippen molar-refractivity contribution < 1.29 is 34.8 Å². The van der Waals surface area contributed by atoms with Gasteiger partial charge in [0.05, 0.1) is 22.0 Å². The second-order valence-electron chi connectivity index (χ2n) is 8.25. The van der Waals surface area contributed by atoms with Crippen molar-refractivity contribution in [1.82, 2.24) is 0 Å². The summed E-state index contributed by atoms with van der Waals surface area (Å²) < 4.78 is 0. The van der Waals surface area contributed by atoms with Gasteiger partial charge in [0.15, 0.2) is 17.3 Å². The van der Waals surface area contributed by atoms with Crippen molar-refractivity contribution >= 4 is 29.0 Å². The lowest BCUT2D eigenvalue weighted by molar-refractivity contribution is -0.203. The first-order valence-corrected chi connectivity index (χ1v) is 9.58. The molecule has 0 saturated heterocycles. The minimum atomic E-state index is -2.26. The summed E-state index contributed by atoms with van der Waals surface area (Å²) in [5.74, 6) is -4.45. The number of fused-ring (bicyclic) bond motifs is 2. The summed E-state index contributed by atoms with van der Waals surface area (Å²) in [6.07, 6.45) is 3.19. The molecule has 0 heterocycles. The fourth-order valence-electron chi connectivity index (χ4n) is 5.19. The zero-order valence-electron chi connectivity index (χ0n) is 16.2. The molecule has 4 aliphatic rings. The van der Waals surface area contributed by atoms with E-state index >= 15 is 0 Å². The summed E-state index contributed by atoms with van der Waals surface area (Å²) in [6, 6.07) is 0. The highest BCUT2D eigenvalue weighted by Gasteiger charge is 2.77. The van der Waals surface area contributed by atoms with Gasteiger partial charge in [-0.1, -0.05) is 29.8 Å². The van der Waals surface area contributed by atoms with Crippen molar-refractivity contribution in [1.29, 1.82) is 0 Å². The van der Waals surface area contributed by atoms with E-state index in [9.17, 15) is 34.8 Å². The van der Waals surface area contributed by atoms with Crippen LogP contribution in [0.2, 0.25) is 0 Å². The van der Waals surface area contributed by atoms with Crippen LogP contribution in [0.15, 0.2) is 46.7 Å². The van der Waals surface area contributed by atoms with E-state index in [0.717, 1.165) is 13.0 Å². The normalized spacial score (nSPS) is 44.3. The number of ketones is 3. The summed E-state index contributed by atoms with van der Waals surface area (Å²) in [7, 11) is 0. The lowest BCUT2D eigenvalue weighted by Crippen LogP contribution is -2.75. The number of halogens is 1. The Balaban J connectivity index is 2.37. The Labute approximate surface area is 172 Å². The Hall–Kier alpha value is -2.06. The lowest BCUT2D eigenvalue weighted by atomic mass is 9.40. The van der Waals surface area contributed by atoms with Gasteiger partial charge in [-0.15, -0.1) is 0 Å². The Morgan fingerprint density at radius 3 is 2.38 bits per heavy atom. The van der Waals surface area contributed by atoms with Crippen LogP contribution >= 0.6 is 11.6 Å². The molecule has 4 aliphatic carbocycles. The zero-order valence-corrected chi connectivity index (χ0v) is 17.0. The zero-order chi connectivity index (χ0) is 21.9. The van der Waals surface area contributed by atoms with Gasteiger partial charge in [-0.3, -0.25) is 14.4 Å². The third-order valence-electron chi connectivity index (χ3n) is 6.36. The fourth-order valence-corrected chi connectivity index (χ4v) is 5.49. The molecule has 1 spiro atoms. The Kier molecular flexibility index (Phi) is 5.03. The molecule has 4 N–H and O–H groups in total. The summed E-state index contributed by atoms with van der Waals surface area (Å²) in [5, 5.41) is 42.6. The van der Waals surface area contributed by atoms with Crippen LogP contribution < -0.4 is 0 Å². The predicted molar refractivity (Wildman–Crippen MR) is 104 cm³/mol. The molecule has 7 nitrogen and oxygen atoms in total. The molecule has 0 aromatic rings. The van der Waals surface area contributed by atoms with E-state index in [0.29, 0.717) is 0 Å². The SMILES string of the molecule is C/C=C/C=C/C(O)=C1/C(=O)[C@@]2(C)C[C@@]3(C(=O)C(Cl)=C[C@H](O)[C@@H]3O)[C@H]1C(C)(O)C2=O. The number of carbonyl (C=O) groups excluding carboxylic acids is 3. The highest BCUT2D eigenvalue weighted by atomic mass is 35.5. The van der Waals surface area contributed by atoms with E-state index in [-0.39, 0.29) is 10.6 Å². The number of hydrogen-bond donors (Lipinski definition) is 4. The molecular weight excluding hydrogens is 400 g/mol. The molecule has 2 bridgehead atoms. The van der Waals surface area contributed by atoms with E-state index < -0.39 is 64.1 Å². The molecule has 6 atom stereocenters. The lowest BCUT2D eigenvalue weighted by Gasteiger charge is -2.61. The van der Waals surface area contributed by atoms with Gasteiger partial charge in [0, 0.05) is 11.5 Å². The average molecular weight is 423 g/mol. The number of hydrogen-bond acceptors (Lipinski definition) is 7. The molecule has 156 valence electrons. The van der Waals surface area contributed by atoms with Gasteiger partial charge in [0.1, 0.15) is 17.5 Å². The van der Waals surface area contributed by atoms with Crippen LogP contribution in [-0.4, -0.2) is 55.6 Å². The third kappa shape index (κ3) is 2.65. The van der Waals surface area contributed by atoms with Gasteiger partial charge in [-0.05, 0) is 39.3 Å². The van der Waals surface area contributed by atoms with E-state index in [4.69, 9.17) is 11.6 Å². The van der Waals surface area contributed by atoms with Crippen molar-refractivity contribution in [2.24, 2.45) is 16.7 Å². The van der Waals surface area contributed by atoms with Gasteiger partial charge in [0.2, 0.25) is 0 Å². The van der Waals surface area contributed by atoms with Crippen LogP contribution in [0.3, 0.4) is 0 Å². The number of carbonyl (C=O) groups is 3. The Bertz CT molecular complexity index is 925. The van der Waals surface area contributed by atoms with Crippen LogP contribution in [-0.2, 0) is 14.4 Å². The van der Waals surface area contributed by atoms with Crippen molar-refractivity contribution in [2.75, 3.05) is 0 Å². The van der Waals surface area contributed by atoms with Gasteiger partial charge in [-0.2, -0.15) is 0 Å². The third-order valence-corrected chi connectivity index (χ3v) is 6.66. The fraction of sp³-hybridized carbons (Fsp3) is 0.476. The summed E-state index contributed by atoms with van der Waals surface area (Å²) >= 11 is 6.02. The maximum Gasteiger partial charge on any atom is 0.183 e. The first-order chi connectivity index (χ1) is 13.4. The number of aliphatic hydroxyl groups is 4. The number of aliphatic hydroxyl groups excluding tert-OH is 3. The van der Waals surface area contributed by atoms with E-state index in [1.165, 1.54) is 19.1 Å². The quantitative estimate of drug-likeness (QED) is 0.228. The van der Waals surface area contributed by atoms with Crippen molar-refractivity contribution in [3.63, 3.8) is 0 Å². The van der Waals surface area contributed by atoms with Gasteiger partial charge in [-0.25, -0.2) is 0 Å². The molecule has 0 amide bonds. The van der Waals surface area contributed by atoms with Crippen molar-refractivity contribution in [3.8, 4) is 0 Å². The second-order valence-corrected chi connectivity index (χ2v) is 8.66. The molecule has 0 aliphatic heterocycles. The number of rotatable bonds is 2. The summed E-state index contributed by atoms with van der Waals surface area (Å²) in [4.78, 5) is 39.3. The van der Waals surface area contributed by atoms with Crippen molar-refractivity contribution in [2.45, 2.75) is 45.0 Å². The molecule has 29 heavy (non-hydrogen) atoms. The first kappa shape index (κ1) is 21.6. The number of allylic oxidation sites excluding steroid dienone is 5. The maximum absolute atomic E-state index is 13.2. The van der Waals surface area contributed by atoms with E-state index in [1.54, 1.807) is 19.1 Å². The molecule has 1 unspecified atom stereocenters. The molecule has 3 fully saturated rings. The molecule has 3 saturated carbocycles. The van der Waals surface area contributed by atoms with Gasteiger partial charge in [0.25, 0.3) is 0 Å². The smallest absolute Gasteiger partial charge is 0.183 e. The predicted octanol–water partition coefficient (Wildman–Crippen LogP) is 1.27. The maximum atomic E-state index is 13.2. The first-order valence-electron chi connectivity index (χ1n) is 9.20. The van der Waals surface area contributed by atoms with Crippen LogP contribution in [0.5, 0.6) is 0 Å². The minimum absolute atomic E-state index is 0.338. The minimum Gasteiger partial charge on any atom is -0.508 e. The largest absolute Gasteiger partial charge is 0.508 e. The van der Waals surface area contributed by atoms with Crippen molar-refractivity contribution in [3.05, 3.63) is 46.7 Å². The molecule has 0 radical (unpaired) electrons. The summed E-state index contributed by atoms with van der Waals surface area (Å²) in [5.41, 5.74) is -6.44. The molecular formula is C21H23ClO7. The van der Waals surface area contributed by atoms with Crippen LogP contribution in [0.25, 0.3) is 0 Å². The van der Waals surface area contributed by atoms with E-state index in [2.05, 4.69) is 0 Å². The van der Waals surface area contributed by atoms with Gasteiger partial charge < -0.3 is 20.4 Å². The average Bonchev–Trinajstić information content (AvgIpc) is 2.65. The molecule has 4 rings (SSSR count).